The molecule has 2 atom stereocenters. The number of likely N-dealkylation sites (tertiary alicyclic amines) is 1. The van der Waals surface area contributed by atoms with Gasteiger partial charge in [-0.05, 0) is 54.1 Å². The molecule has 1 heterocycles. The number of piperidine rings is 1. The van der Waals surface area contributed by atoms with Crippen molar-refractivity contribution in [3.05, 3.63) is 60.2 Å². The van der Waals surface area contributed by atoms with Crippen molar-refractivity contribution in [2.45, 2.75) is 39.8 Å². The van der Waals surface area contributed by atoms with E-state index < -0.39 is 0 Å². The van der Waals surface area contributed by atoms with Gasteiger partial charge < -0.3 is 15.2 Å². The summed E-state index contributed by atoms with van der Waals surface area (Å²) >= 11 is 0. The number of amides is 1. The zero-order valence-electron chi connectivity index (χ0n) is 17.6. The maximum Gasteiger partial charge on any atom is 0.262 e. The molecular weight excluding hydrogens is 364 g/mol. The van der Waals surface area contributed by atoms with Crippen molar-refractivity contribution in [3.8, 4) is 5.75 Å². The second kappa shape index (κ2) is 9.42. The predicted molar refractivity (Wildman–Crippen MR) is 116 cm³/mol. The van der Waals surface area contributed by atoms with E-state index in [1.165, 1.54) is 5.56 Å². The van der Waals surface area contributed by atoms with Crippen LogP contribution in [0.5, 0.6) is 5.75 Å². The normalized spacial score (nSPS) is 20.3. The Morgan fingerprint density at radius 2 is 1.83 bits per heavy atom. The van der Waals surface area contributed by atoms with Crippen molar-refractivity contribution in [3.63, 3.8) is 0 Å². The van der Waals surface area contributed by atoms with E-state index in [-0.39, 0.29) is 24.0 Å². The maximum atomic E-state index is 12.0. The fourth-order valence-corrected chi connectivity index (χ4v) is 3.97. The van der Waals surface area contributed by atoms with Crippen LogP contribution in [0, 0.1) is 11.3 Å². The lowest BCUT2D eigenvalue weighted by Gasteiger charge is -2.42. The molecule has 2 N–H and O–H groups in total. The van der Waals surface area contributed by atoms with E-state index in [2.05, 4.69) is 31.0 Å². The Kier molecular flexibility index (Phi) is 6.93. The molecule has 0 spiro atoms. The Morgan fingerprint density at radius 3 is 2.45 bits per heavy atom. The number of aliphatic hydroxyl groups is 1. The number of β-amino-alcohol motifs (C(OH)–C–C–N with tert-alkyl or cyclic N) is 1. The molecule has 156 valence electrons. The lowest BCUT2D eigenvalue weighted by atomic mass is 9.73. The zero-order valence-corrected chi connectivity index (χ0v) is 17.6. The van der Waals surface area contributed by atoms with Gasteiger partial charge in [-0.1, -0.05) is 51.1 Å². The molecule has 2 aromatic rings. The highest BCUT2D eigenvalue weighted by Crippen LogP contribution is 2.34. The summed E-state index contributed by atoms with van der Waals surface area (Å²) < 4.78 is 5.59. The number of anilines is 1. The highest BCUT2D eigenvalue weighted by Gasteiger charge is 2.35. The molecule has 0 saturated carbocycles. The van der Waals surface area contributed by atoms with Gasteiger partial charge in [0.1, 0.15) is 5.75 Å². The lowest BCUT2D eigenvalue weighted by molar-refractivity contribution is -0.118. The summed E-state index contributed by atoms with van der Waals surface area (Å²) in [6.07, 6.45) is 0.733. The van der Waals surface area contributed by atoms with E-state index in [9.17, 15) is 9.90 Å². The molecule has 1 amide bonds. The van der Waals surface area contributed by atoms with Gasteiger partial charge in [-0.3, -0.25) is 9.69 Å². The molecule has 0 radical (unpaired) electrons. The molecule has 5 heteroatoms. The summed E-state index contributed by atoms with van der Waals surface area (Å²) in [5, 5.41) is 13.3. The molecule has 1 aliphatic rings. The molecular formula is C24H32N2O3. The number of benzene rings is 2. The first kappa shape index (κ1) is 21.3. The van der Waals surface area contributed by atoms with Gasteiger partial charge in [0.25, 0.3) is 5.91 Å². The van der Waals surface area contributed by atoms with Crippen LogP contribution in [0.2, 0.25) is 0 Å². The largest absolute Gasteiger partial charge is 0.484 e. The molecule has 0 bridgehead atoms. The van der Waals surface area contributed by atoms with Gasteiger partial charge in [-0.2, -0.15) is 0 Å². The number of rotatable bonds is 6. The summed E-state index contributed by atoms with van der Waals surface area (Å²) in [6.45, 7) is 9.10. The number of nitrogens with zero attached hydrogens (tertiary/aromatic N) is 1. The number of carbonyl (C=O) groups excluding carboxylic acids is 1. The fourth-order valence-electron chi connectivity index (χ4n) is 3.97. The summed E-state index contributed by atoms with van der Waals surface area (Å²) in [4.78, 5) is 14.3. The molecule has 1 saturated heterocycles. The monoisotopic (exact) mass is 396 g/mol. The Balaban J connectivity index is 1.45. The highest BCUT2D eigenvalue weighted by atomic mass is 16.5. The fraction of sp³-hybridized carbons (Fsp3) is 0.458. The quantitative estimate of drug-likeness (QED) is 0.777. The van der Waals surface area contributed by atoms with Gasteiger partial charge in [0.05, 0.1) is 6.10 Å². The zero-order chi connectivity index (χ0) is 20.9. The number of hydrogen-bond acceptors (Lipinski definition) is 4. The number of para-hydroxylation sites is 1. The SMILES string of the molecule is CC(C)(C)[C@H]1CCN(Cc2ccc(OCC(=O)Nc3ccccc3)cc2)C[C@H]1O. The van der Waals surface area contributed by atoms with Gasteiger partial charge in [0.2, 0.25) is 0 Å². The minimum Gasteiger partial charge on any atom is -0.484 e. The van der Waals surface area contributed by atoms with E-state index in [0.29, 0.717) is 18.2 Å². The Hall–Kier alpha value is -2.37. The third-order valence-electron chi connectivity index (χ3n) is 5.54. The number of hydrogen-bond donors (Lipinski definition) is 2. The summed E-state index contributed by atoms with van der Waals surface area (Å²) in [5.41, 5.74) is 2.07. The van der Waals surface area contributed by atoms with Crippen LogP contribution in [0.1, 0.15) is 32.8 Å². The third kappa shape index (κ3) is 6.31. The first-order valence-electron chi connectivity index (χ1n) is 10.3. The second-order valence-electron chi connectivity index (χ2n) is 8.91. The molecule has 29 heavy (non-hydrogen) atoms. The number of aliphatic hydroxyl groups excluding tert-OH is 1. The van der Waals surface area contributed by atoms with Gasteiger partial charge >= 0.3 is 0 Å². The van der Waals surface area contributed by atoms with E-state index in [4.69, 9.17) is 4.74 Å². The van der Waals surface area contributed by atoms with Crippen molar-refractivity contribution in [1.29, 1.82) is 0 Å². The molecule has 0 unspecified atom stereocenters. The lowest BCUT2D eigenvalue weighted by Crippen LogP contribution is -2.47. The van der Waals surface area contributed by atoms with Crippen molar-refractivity contribution in [1.82, 2.24) is 4.90 Å². The summed E-state index contributed by atoms with van der Waals surface area (Å²) in [7, 11) is 0. The number of carbonyl (C=O) groups is 1. The molecule has 5 nitrogen and oxygen atoms in total. The van der Waals surface area contributed by atoms with Crippen molar-refractivity contribution < 1.29 is 14.6 Å². The smallest absolute Gasteiger partial charge is 0.262 e. The topological polar surface area (TPSA) is 61.8 Å². The molecule has 3 rings (SSSR count). The summed E-state index contributed by atoms with van der Waals surface area (Å²) in [5.74, 6) is 0.830. The first-order chi connectivity index (χ1) is 13.8. The Morgan fingerprint density at radius 1 is 1.14 bits per heavy atom. The second-order valence-corrected chi connectivity index (χ2v) is 8.91. The Labute approximate surface area is 173 Å². The maximum absolute atomic E-state index is 12.0. The summed E-state index contributed by atoms with van der Waals surface area (Å²) in [6, 6.07) is 17.2. The van der Waals surface area contributed by atoms with Crippen molar-refractivity contribution in [2.24, 2.45) is 11.3 Å². The van der Waals surface area contributed by atoms with Crippen molar-refractivity contribution >= 4 is 11.6 Å². The van der Waals surface area contributed by atoms with Gasteiger partial charge in [-0.15, -0.1) is 0 Å². The van der Waals surface area contributed by atoms with Crippen LogP contribution in [-0.2, 0) is 11.3 Å². The van der Waals surface area contributed by atoms with Crippen LogP contribution in [0.25, 0.3) is 0 Å². The number of ether oxygens (including phenoxy) is 1. The van der Waals surface area contributed by atoms with E-state index in [0.717, 1.165) is 25.2 Å². The van der Waals surface area contributed by atoms with Crippen molar-refractivity contribution in [2.75, 3.05) is 25.0 Å². The van der Waals surface area contributed by atoms with Crippen LogP contribution >= 0.6 is 0 Å². The van der Waals surface area contributed by atoms with Crippen LogP contribution in [0.15, 0.2) is 54.6 Å². The minimum absolute atomic E-state index is 0.0270. The van der Waals surface area contributed by atoms with E-state index in [1.807, 2.05) is 54.6 Å². The third-order valence-corrected chi connectivity index (χ3v) is 5.54. The average molecular weight is 397 g/mol. The first-order valence-corrected chi connectivity index (χ1v) is 10.3. The Bertz CT molecular complexity index is 784. The van der Waals surface area contributed by atoms with Crippen LogP contribution in [-0.4, -0.2) is 41.7 Å². The van der Waals surface area contributed by atoms with Gasteiger partial charge in [0, 0.05) is 18.8 Å². The number of nitrogens with one attached hydrogen (secondary N) is 1. The van der Waals surface area contributed by atoms with Crippen LogP contribution in [0.4, 0.5) is 5.69 Å². The van der Waals surface area contributed by atoms with Crippen LogP contribution in [0.3, 0.4) is 0 Å². The highest BCUT2D eigenvalue weighted by molar-refractivity contribution is 5.91. The molecule has 0 aliphatic carbocycles. The molecule has 0 aromatic heterocycles. The molecule has 1 aliphatic heterocycles. The standard InChI is InChI=1S/C24H32N2O3/c1-24(2,3)21-13-14-26(16-22(21)27)15-18-9-11-20(12-10-18)29-17-23(28)25-19-7-5-4-6-8-19/h4-12,21-22,27H,13-17H2,1-3H3,(H,25,28)/t21-,22+/m0/s1. The minimum atomic E-state index is -0.283. The predicted octanol–water partition coefficient (Wildman–Crippen LogP) is 3.93. The molecule has 1 fully saturated rings. The van der Waals surface area contributed by atoms with E-state index in [1.54, 1.807) is 0 Å². The molecule has 2 aromatic carbocycles. The van der Waals surface area contributed by atoms with Gasteiger partial charge in [-0.25, -0.2) is 0 Å². The van der Waals surface area contributed by atoms with E-state index >= 15 is 0 Å². The van der Waals surface area contributed by atoms with Gasteiger partial charge in [0.15, 0.2) is 6.61 Å². The average Bonchev–Trinajstić information content (AvgIpc) is 2.67. The van der Waals surface area contributed by atoms with Crippen LogP contribution < -0.4 is 10.1 Å².